The van der Waals surface area contributed by atoms with E-state index in [0.717, 1.165) is 18.4 Å². The van der Waals surface area contributed by atoms with Gasteiger partial charge in [-0.05, 0) is 31.4 Å². The molecular weight excluding hydrogens is 347 g/mol. The molecular formula is C20H23FN4O2. The highest BCUT2D eigenvalue weighted by Crippen LogP contribution is 2.48. The third-order valence-corrected chi connectivity index (χ3v) is 4.83. The zero-order valence-electron chi connectivity index (χ0n) is 15.2. The topological polar surface area (TPSA) is 79.6 Å². The van der Waals surface area contributed by atoms with Gasteiger partial charge < -0.3 is 10.6 Å². The van der Waals surface area contributed by atoms with Gasteiger partial charge in [0, 0.05) is 24.6 Å². The molecule has 1 aliphatic rings. The Morgan fingerprint density at radius 1 is 1.19 bits per heavy atom. The molecule has 0 aromatic heterocycles. The third-order valence-electron chi connectivity index (χ3n) is 4.83. The van der Waals surface area contributed by atoms with Crippen LogP contribution >= 0.6 is 0 Å². The molecule has 27 heavy (non-hydrogen) atoms. The second-order valence-electron chi connectivity index (χ2n) is 6.69. The van der Waals surface area contributed by atoms with Gasteiger partial charge in [-0.1, -0.05) is 36.4 Å². The maximum Gasteiger partial charge on any atom is 0.274 e. The molecule has 0 aliphatic heterocycles. The van der Waals surface area contributed by atoms with Crippen molar-refractivity contribution in [3.63, 3.8) is 0 Å². The zero-order chi connectivity index (χ0) is 19.3. The molecule has 0 atom stereocenters. The van der Waals surface area contributed by atoms with Crippen LogP contribution in [-0.2, 0) is 12.0 Å². The van der Waals surface area contributed by atoms with E-state index in [1.165, 1.54) is 12.1 Å². The van der Waals surface area contributed by atoms with Crippen molar-refractivity contribution in [2.75, 3.05) is 13.1 Å². The third kappa shape index (κ3) is 4.42. The van der Waals surface area contributed by atoms with Crippen LogP contribution in [0, 0.1) is 15.9 Å². The Balaban J connectivity index is 1.71. The van der Waals surface area contributed by atoms with Crippen molar-refractivity contribution in [3.8, 4) is 0 Å². The summed E-state index contributed by atoms with van der Waals surface area (Å²) >= 11 is 0. The Hall–Kier alpha value is -2.96. The maximum absolute atomic E-state index is 14.1. The average Bonchev–Trinajstić information content (AvgIpc) is 3.45. The molecule has 0 spiro atoms. The monoisotopic (exact) mass is 370 g/mol. The minimum absolute atomic E-state index is 0.0575. The van der Waals surface area contributed by atoms with Crippen LogP contribution < -0.4 is 10.6 Å². The van der Waals surface area contributed by atoms with Gasteiger partial charge in [-0.15, -0.1) is 0 Å². The van der Waals surface area contributed by atoms with Gasteiger partial charge in [0.1, 0.15) is 5.82 Å². The predicted octanol–water partition coefficient (Wildman–Crippen LogP) is 3.52. The molecule has 1 aliphatic carbocycles. The van der Waals surface area contributed by atoms with Crippen LogP contribution in [0.1, 0.15) is 30.9 Å². The molecule has 2 aromatic carbocycles. The molecule has 7 heteroatoms. The predicted molar refractivity (Wildman–Crippen MR) is 103 cm³/mol. The molecule has 0 saturated heterocycles. The Morgan fingerprint density at radius 2 is 1.89 bits per heavy atom. The molecule has 2 aromatic rings. The molecule has 0 unspecified atom stereocenters. The largest absolute Gasteiger partial charge is 0.357 e. The summed E-state index contributed by atoms with van der Waals surface area (Å²) in [6.07, 6.45) is 1.84. The maximum atomic E-state index is 14.1. The minimum atomic E-state index is -0.400. The van der Waals surface area contributed by atoms with Gasteiger partial charge in [0.15, 0.2) is 5.96 Å². The van der Waals surface area contributed by atoms with E-state index in [2.05, 4.69) is 15.6 Å². The summed E-state index contributed by atoms with van der Waals surface area (Å²) in [5.74, 6) is 0.386. The van der Waals surface area contributed by atoms with Gasteiger partial charge in [0.2, 0.25) is 0 Å². The lowest BCUT2D eigenvalue weighted by molar-refractivity contribution is -0.385. The van der Waals surface area contributed by atoms with Crippen molar-refractivity contribution < 1.29 is 9.31 Å². The van der Waals surface area contributed by atoms with Crippen LogP contribution in [0.3, 0.4) is 0 Å². The molecule has 3 rings (SSSR count). The van der Waals surface area contributed by atoms with E-state index in [-0.39, 0.29) is 23.5 Å². The van der Waals surface area contributed by atoms with Gasteiger partial charge in [0.05, 0.1) is 17.0 Å². The Morgan fingerprint density at radius 3 is 2.56 bits per heavy atom. The first kappa shape index (κ1) is 18.8. The molecule has 0 bridgehead atoms. The number of para-hydroxylation sites is 1. The summed E-state index contributed by atoms with van der Waals surface area (Å²) in [5.41, 5.74) is 1.13. The fourth-order valence-corrected chi connectivity index (χ4v) is 3.17. The number of nitrogens with one attached hydrogen (secondary N) is 2. The average molecular weight is 370 g/mol. The quantitative estimate of drug-likeness (QED) is 0.338. The first-order chi connectivity index (χ1) is 13.1. The Kier molecular flexibility index (Phi) is 5.69. The number of aliphatic imine (C=N–C) groups is 1. The lowest BCUT2D eigenvalue weighted by Gasteiger charge is -2.19. The summed E-state index contributed by atoms with van der Waals surface area (Å²) in [6.45, 7) is 3.37. The highest BCUT2D eigenvalue weighted by atomic mass is 19.1. The summed E-state index contributed by atoms with van der Waals surface area (Å²) < 4.78 is 14.1. The molecule has 2 N–H and O–H groups in total. The van der Waals surface area contributed by atoms with Crippen LogP contribution in [0.15, 0.2) is 53.5 Å². The molecule has 0 heterocycles. The van der Waals surface area contributed by atoms with Crippen molar-refractivity contribution >= 4 is 11.6 Å². The summed E-state index contributed by atoms with van der Waals surface area (Å²) in [6, 6.07) is 13.4. The highest BCUT2D eigenvalue weighted by Gasteiger charge is 2.45. The number of rotatable bonds is 7. The summed E-state index contributed by atoms with van der Waals surface area (Å²) in [7, 11) is 0. The van der Waals surface area contributed by atoms with Crippen molar-refractivity contribution in [2.45, 2.75) is 31.7 Å². The molecule has 0 amide bonds. The molecule has 0 radical (unpaired) electrons. The van der Waals surface area contributed by atoms with Gasteiger partial charge in [0.25, 0.3) is 5.69 Å². The molecule has 142 valence electrons. The van der Waals surface area contributed by atoms with Crippen LogP contribution in [0.2, 0.25) is 0 Å². The fourth-order valence-electron chi connectivity index (χ4n) is 3.17. The van der Waals surface area contributed by atoms with Crippen molar-refractivity contribution in [2.24, 2.45) is 4.99 Å². The van der Waals surface area contributed by atoms with Gasteiger partial charge in [-0.2, -0.15) is 0 Å². The lowest BCUT2D eigenvalue weighted by atomic mass is 9.95. The lowest BCUT2D eigenvalue weighted by Crippen LogP contribution is -2.41. The van der Waals surface area contributed by atoms with Gasteiger partial charge >= 0.3 is 0 Å². The summed E-state index contributed by atoms with van der Waals surface area (Å²) in [5, 5.41) is 17.6. The number of nitrogens with zero attached hydrogens (tertiary/aromatic N) is 2. The van der Waals surface area contributed by atoms with Crippen LogP contribution in [0.5, 0.6) is 0 Å². The zero-order valence-corrected chi connectivity index (χ0v) is 15.2. The molecule has 1 fully saturated rings. The van der Waals surface area contributed by atoms with Crippen LogP contribution in [0.4, 0.5) is 10.1 Å². The smallest absolute Gasteiger partial charge is 0.274 e. The number of guanidine groups is 1. The van der Waals surface area contributed by atoms with E-state index in [0.29, 0.717) is 24.6 Å². The summed E-state index contributed by atoms with van der Waals surface area (Å²) in [4.78, 5) is 15.2. The minimum Gasteiger partial charge on any atom is -0.357 e. The van der Waals surface area contributed by atoms with E-state index in [1.807, 2.05) is 19.1 Å². The van der Waals surface area contributed by atoms with Crippen molar-refractivity contribution in [1.29, 1.82) is 0 Å². The number of nitro groups is 1. The van der Waals surface area contributed by atoms with E-state index in [9.17, 15) is 14.5 Å². The Labute approximate surface area is 157 Å². The van der Waals surface area contributed by atoms with Crippen LogP contribution in [0.25, 0.3) is 0 Å². The van der Waals surface area contributed by atoms with Gasteiger partial charge in [-0.25, -0.2) is 9.38 Å². The van der Waals surface area contributed by atoms with E-state index < -0.39 is 4.92 Å². The van der Waals surface area contributed by atoms with E-state index in [4.69, 9.17) is 0 Å². The van der Waals surface area contributed by atoms with Crippen molar-refractivity contribution in [3.05, 3.63) is 75.6 Å². The SMILES string of the molecule is CCNC(=NCc1ccccc1[N+](=O)[O-])NCC1(c2ccccc2F)CC1. The first-order valence-corrected chi connectivity index (χ1v) is 9.05. The first-order valence-electron chi connectivity index (χ1n) is 9.05. The van der Waals surface area contributed by atoms with Crippen molar-refractivity contribution in [1.82, 2.24) is 10.6 Å². The van der Waals surface area contributed by atoms with E-state index >= 15 is 0 Å². The second kappa shape index (κ2) is 8.16. The highest BCUT2D eigenvalue weighted by molar-refractivity contribution is 5.80. The van der Waals surface area contributed by atoms with E-state index in [1.54, 1.807) is 24.3 Å². The normalized spacial score (nSPS) is 15.3. The standard InChI is InChI=1S/C20H23FN4O2/c1-2-22-19(23-13-15-7-3-6-10-18(15)25(26)27)24-14-20(11-12-20)16-8-4-5-9-17(16)21/h3-10H,2,11-14H2,1H3,(H2,22,23,24). The fraction of sp³-hybridized carbons (Fsp3) is 0.350. The number of hydrogen-bond donors (Lipinski definition) is 2. The molecule has 1 saturated carbocycles. The number of halogens is 1. The van der Waals surface area contributed by atoms with Gasteiger partial charge in [-0.3, -0.25) is 10.1 Å². The second-order valence-corrected chi connectivity index (χ2v) is 6.69. The molecule has 6 nitrogen and oxygen atoms in total. The number of nitro benzene ring substituents is 1. The van der Waals surface area contributed by atoms with Crippen LogP contribution in [-0.4, -0.2) is 24.0 Å². The number of hydrogen-bond acceptors (Lipinski definition) is 3. The Bertz CT molecular complexity index is 849. The number of benzene rings is 2.